The smallest absolute Gasteiger partial charge is 0.123 e. The van der Waals surface area contributed by atoms with E-state index in [2.05, 4.69) is 37.2 Å². The van der Waals surface area contributed by atoms with Crippen LogP contribution in [-0.4, -0.2) is 10.9 Å². The first-order chi connectivity index (χ1) is 10.2. The first-order valence-electron chi connectivity index (χ1n) is 7.21. The summed E-state index contributed by atoms with van der Waals surface area (Å²) in [5.74, 6) is 0.895. The largest absolute Gasteiger partial charge is 0.489 e. The Morgan fingerprint density at radius 3 is 2.81 bits per heavy atom. The molecular formula is C18H19NO2. The number of aryl methyl sites for hydroxylation is 2. The highest BCUT2D eigenvalue weighted by Crippen LogP contribution is 2.31. The van der Waals surface area contributed by atoms with E-state index in [-0.39, 0.29) is 0 Å². The van der Waals surface area contributed by atoms with Gasteiger partial charge in [-0.25, -0.2) is 0 Å². The second-order valence-electron chi connectivity index (χ2n) is 5.55. The normalized spacial score (nSPS) is 15.2. The Morgan fingerprint density at radius 2 is 2.00 bits per heavy atom. The van der Waals surface area contributed by atoms with Crippen molar-refractivity contribution in [2.24, 2.45) is 5.16 Å². The maximum atomic E-state index is 9.03. The number of fused-ring (bicyclic) bond motifs is 1. The number of hydrogen-bond acceptors (Lipinski definition) is 3. The fourth-order valence-corrected chi connectivity index (χ4v) is 2.82. The predicted molar refractivity (Wildman–Crippen MR) is 83.3 cm³/mol. The first-order valence-corrected chi connectivity index (χ1v) is 7.21. The van der Waals surface area contributed by atoms with Crippen LogP contribution in [0.4, 0.5) is 0 Å². The molecule has 2 aromatic carbocycles. The molecule has 108 valence electrons. The lowest BCUT2D eigenvalue weighted by Crippen LogP contribution is -2.01. The van der Waals surface area contributed by atoms with Crippen LogP contribution >= 0.6 is 0 Å². The topological polar surface area (TPSA) is 41.8 Å². The minimum Gasteiger partial charge on any atom is -0.489 e. The van der Waals surface area contributed by atoms with E-state index in [0.717, 1.165) is 35.4 Å². The van der Waals surface area contributed by atoms with Gasteiger partial charge in [-0.15, -0.1) is 0 Å². The van der Waals surface area contributed by atoms with Crippen LogP contribution in [-0.2, 0) is 13.0 Å². The lowest BCUT2D eigenvalue weighted by Gasteiger charge is -2.12. The van der Waals surface area contributed by atoms with Crippen LogP contribution in [0.1, 0.15) is 34.2 Å². The molecule has 3 nitrogen and oxygen atoms in total. The number of rotatable bonds is 3. The minimum atomic E-state index is 0.565. The van der Waals surface area contributed by atoms with Gasteiger partial charge >= 0.3 is 0 Å². The van der Waals surface area contributed by atoms with Crippen molar-refractivity contribution >= 4 is 5.71 Å². The molecule has 0 amide bonds. The number of hydrogen-bond donors (Lipinski definition) is 1. The quantitative estimate of drug-likeness (QED) is 0.682. The molecule has 0 radical (unpaired) electrons. The molecule has 0 heterocycles. The van der Waals surface area contributed by atoms with Crippen molar-refractivity contribution in [2.75, 3.05) is 0 Å². The van der Waals surface area contributed by atoms with Gasteiger partial charge in [-0.1, -0.05) is 41.1 Å². The number of nitrogens with zero attached hydrogens (tertiary/aromatic N) is 1. The van der Waals surface area contributed by atoms with Crippen molar-refractivity contribution in [3.63, 3.8) is 0 Å². The van der Waals surface area contributed by atoms with Gasteiger partial charge in [0.1, 0.15) is 12.4 Å². The first kappa shape index (κ1) is 13.7. The molecule has 3 heteroatoms. The number of oxime groups is 1. The van der Waals surface area contributed by atoms with E-state index in [4.69, 9.17) is 9.94 Å². The molecule has 1 aliphatic carbocycles. The van der Waals surface area contributed by atoms with E-state index in [1.807, 2.05) is 18.2 Å². The highest BCUT2D eigenvalue weighted by atomic mass is 16.5. The summed E-state index contributed by atoms with van der Waals surface area (Å²) in [6.45, 7) is 4.76. The maximum absolute atomic E-state index is 9.03. The summed E-state index contributed by atoms with van der Waals surface area (Å²) in [6.07, 6.45) is 1.65. The molecule has 1 N–H and O–H groups in total. The Kier molecular flexibility index (Phi) is 3.65. The van der Waals surface area contributed by atoms with E-state index in [9.17, 15) is 0 Å². The highest BCUT2D eigenvalue weighted by molar-refractivity contribution is 6.04. The third-order valence-corrected chi connectivity index (χ3v) is 4.06. The van der Waals surface area contributed by atoms with Crippen LogP contribution in [0.15, 0.2) is 41.6 Å². The Hall–Kier alpha value is -2.29. The molecule has 0 bridgehead atoms. The van der Waals surface area contributed by atoms with Crippen LogP contribution in [0.25, 0.3) is 0 Å². The minimum absolute atomic E-state index is 0.565. The molecule has 0 saturated heterocycles. The molecule has 21 heavy (non-hydrogen) atoms. The fraction of sp³-hybridized carbons (Fsp3) is 0.278. The van der Waals surface area contributed by atoms with Crippen molar-refractivity contribution < 1.29 is 9.94 Å². The van der Waals surface area contributed by atoms with Crippen molar-refractivity contribution in [1.82, 2.24) is 0 Å². The van der Waals surface area contributed by atoms with Gasteiger partial charge in [0.25, 0.3) is 0 Å². The molecule has 2 aromatic rings. The van der Waals surface area contributed by atoms with Crippen LogP contribution in [0, 0.1) is 13.8 Å². The van der Waals surface area contributed by atoms with E-state index in [1.54, 1.807) is 0 Å². The van der Waals surface area contributed by atoms with Gasteiger partial charge in [0.15, 0.2) is 0 Å². The molecule has 0 saturated carbocycles. The molecule has 0 atom stereocenters. The highest BCUT2D eigenvalue weighted by Gasteiger charge is 2.21. The van der Waals surface area contributed by atoms with Gasteiger partial charge in [-0.05, 0) is 43.9 Å². The molecule has 3 rings (SSSR count). The van der Waals surface area contributed by atoms with Gasteiger partial charge in [-0.2, -0.15) is 0 Å². The second-order valence-corrected chi connectivity index (χ2v) is 5.55. The van der Waals surface area contributed by atoms with E-state index in [1.165, 1.54) is 16.7 Å². The predicted octanol–water partition coefficient (Wildman–Crippen LogP) is 4.01. The Bertz CT molecular complexity index is 704. The lowest BCUT2D eigenvalue weighted by atomic mass is 10.1. The Balaban J connectivity index is 1.84. The van der Waals surface area contributed by atoms with Gasteiger partial charge in [0.2, 0.25) is 0 Å². The summed E-state index contributed by atoms with van der Waals surface area (Å²) in [7, 11) is 0. The summed E-state index contributed by atoms with van der Waals surface area (Å²) >= 11 is 0. The van der Waals surface area contributed by atoms with Crippen molar-refractivity contribution in [3.8, 4) is 5.75 Å². The van der Waals surface area contributed by atoms with Crippen LogP contribution in [0.3, 0.4) is 0 Å². The lowest BCUT2D eigenvalue weighted by molar-refractivity contribution is 0.302. The third kappa shape index (κ3) is 2.64. The van der Waals surface area contributed by atoms with Gasteiger partial charge in [0, 0.05) is 11.1 Å². The van der Waals surface area contributed by atoms with Crippen LogP contribution in [0.5, 0.6) is 5.75 Å². The molecule has 0 aliphatic heterocycles. The van der Waals surface area contributed by atoms with Crippen LogP contribution in [0.2, 0.25) is 0 Å². The monoisotopic (exact) mass is 281 g/mol. The van der Waals surface area contributed by atoms with Crippen molar-refractivity contribution in [3.05, 3.63) is 64.2 Å². The molecule has 0 fully saturated rings. The standard InChI is InChI=1S/C18H19NO2/c1-12-6-7-13(2)14(10-12)11-21-18-5-3-4-15-16(18)8-9-17(15)19-20/h3-7,10,20H,8-9,11H2,1-2H3. The molecule has 0 aromatic heterocycles. The zero-order valence-electron chi connectivity index (χ0n) is 12.4. The SMILES string of the molecule is Cc1ccc(C)c(COc2cccc3c2CCC3=NO)c1. The van der Waals surface area contributed by atoms with Gasteiger partial charge in [0.05, 0.1) is 5.71 Å². The maximum Gasteiger partial charge on any atom is 0.123 e. The van der Waals surface area contributed by atoms with Crippen molar-refractivity contribution in [2.45, 2.75) is 33.3 Å². The average molecular weight is 281 g/mol. The van der Waals surface area contributed by atoms with E-state index in [0.29, 0.717) is 6.61 Å². The molecule has 0 unspecified atom stereocenters. The van der Waals surface area contributed by atoms with Gasteiger partial charge in [-0.3, -0.25) is 0 Å². The average Bonchev–Trinajstić information content (AvgIpc) is 2.92. The summed E-state index contributed by atoms with van der Waals surface area (Å²) in [6, 6.07) is 12.3. The van der Waals surface area contributed by atoms with Gasteiger partial charge < -0.3 is 9.94 Å². The second kappa shape index (κ2) is 5.60. The number of ether oxygens (including phenoxy) is 1. The molecule has 0 spiro atoms. The molecular weight excluding hydrogens is 262 g/mol. The van der Waals surface area contributed by atoms with Crippen LogP contribution < -0.4 is 4.74 Å². The summed E-state index contributed by atoms with van der Waals surface area (Å²) < 4.78 is 6.03. The van der Waals surface area contributed by atoms with Crippen molar-refractivity contribution in [1.29, 1.82) is 0 Å². The summed E-state index contributed by atoms with van der Waals surface area (Å²) in [5, 5.41) is 12.4. The Labute approximate surface area is 124 Å². The third-order valence-electron chi connectivity index (χ3n) is 4.06. The fourth-order valence-electron chi connectivity index (χ4n) is 2.82. The number of benzene rings is 2. The van der Waals surface area contributed by atoms with E-state index >= 15 is 0 Å². The summed E-state index contributed by atoms with van der Waals surface area (Å²) in [4.78, 5) is 0. The zero-order valence-corrected chi connectivity index (χ0v) is 12.4. The zero-order chi connectivity index (χ0) is 14.8. The molecule has 1 aliphatic rings. The summed E-state index contributed by atoms with van der Waals surface area (Å²) in [5.41, 5.74) is 6.60. The van der Waals surface area contributed by atoms with E-state index < -0.39 is 0 Å². The Morgan fingerprint density at radius 1 is 1.14 bits per heavy atom.